The second-order valence-corrected chi connectivity index (χ2v) is 5.64. The molecule has 1 aliphatic carbocycles. The van der Waals surface area contributed by atoms with Gasteiger partial charge in [0.25, 0.3) is 5.91 Å². The fraction of sp³-hybridized carbons (Fsp3) is 0.533. The molecule has 1 saturated carbocycles. The molecular weight excluding hydrogens is 252 g/mol. The molecule has 3 N–H and O–H groups in total. The molecular formula is C15H24N4O. The maximum Gasteiger partial charge on any atom is 0.253 e. The van der Waals surface area contributed by atoms with Gasteiger partial charge in [0, 0.05) is 44.6 Å². The van der Waals surface area contributed by atoms with Crippen LogP contribution in [0.5, 0.6) is 0 Å². The number of hydrogen-bond acceptors (Lipinski definition) is 4. The minimum absolute atomic E-state index is 0.0646. The van der Waals surface area contributed by atoms with Gasteiger partial charge in [0.2, 0.25) is 0 Å². The number of anilines is 2. The zero-order chi connectivity index (χ0) is 14.7. The molecule has 0 saturated heterocycles. The maximum atomic E-state index is 12.3. The molecule has 0 unspecified atom stereocenters. The Hall–Kier alpha value is -1.75. The van der Waals surface area contributed by atoms with Crippen molar-refractivity contribution < 1.29 is 4.79 Å². The summed E-state index contributed by atoms with van der Waals surface area (Å²) in [6.07, 6.45) is 2.56. The lowest BCUT2D eigenvalue weighted by molar-refractivity contribution is 0.0950. The predicted octanol–water partition coefficient (Wildman–Crippen LogP) is 1.16. The van der Waals surface area contributed by atoms with E-state index < -0.39 is 0 Å². The Balaban J connectivity index is 1.95. The summed E-state index contributed by atoms with van der Waals surface area (Å²) in [4.78, 5) is 16.5. The Morgan fingerprint density at radius 2 is 2.05 bits per heavy atom. The summed E-state index contributed by atoms with van der Waals surface area (Å²) in [7, 11) is 5.95. The molecule has 110 valence electrons. The molecule has 5 nitrogen and oxygen atoms in total. The molecule has 5 heteroatoms. The van der Waals surface area contributed by atoms with Crippen molar-refractivity contribution in [2.75, 3.05) is 44.9 Å². The van der Waals surface area contributed by atoms with Gasteiger partial charge in [-0.2, -0.15) is 0 Å². The Bertz CT molecular complexity index is 483. The van der Waals surface area contributed by atoms with Gasteiger partial charge in [-0.3, -0.25) is 4.79 Å². The normalized spacial score (nSPS) is 14.4. The third-order valence-corrected chi connectivity index (χ3v) is 3.67. The number of rotatable bonds is 6. The van der Waals surface area contributed by atoms with Gasteiger partial charge >= 0.3 is 0 Å². The molecule has 1 fully saturated rings. The van der Waals surface area contributed by atoms with Gasteiger partial charge in [-0.25, -0.2) is 0 Å². The van der Waals surface area contributed by atoms with Crippen LogP contribution < -0.4 is 16.0 Å². The summed E-state index contributed by atoms with van der Waals surface area (Å²) in [6.45, 7) is 1.55. The number of benzene rings is 1. The smallest absolute Gasteiger partial charge is 0.253 e. The van der Waals surface area contributed by atoms with Gasteiger partial charge in [0.05, 0.1) is 5.56 Å². The predicted molar refractivity (Wildman–Crippen MR) is 83.2 cm³/mol. The first-order valence-corrected chi connectivity index (χ1v) is 7.04. The highest BCUT2D eigenvalue weighted by molar-refractivity contribution is 6.00. The molecule has 1 aromatic carbocycles. The number of carbonyl (C=O) groups excluding carboxylic acids is 1. The van der Waals surface area contributed by atoms with Crippen molar-refractivity contribution in [3.63, 3.8) is 0 Å². The number of nitrogen functional groups attached to an aromatic ring is 1. The summed E-state index contributed by atoms with van der Waals surface area (Å²) in [5, 5.41) is 2.97. The fourth-order valence-electron chi connectivity index (χ4n) is 2.26. The zero-order valence-corrected chi connectivity index (χ0v) is 12.5. The van der Waals surface area contributed by atoms with E-state index >= 15 is 0 Å². The number of hydrogen-bond donors (Lipinski definition) is 2. The SMILES string of the molecule is CN(C)c1ccc(N)cc1C(=O)NCCN(C)C1CC1. The van der Waals surface area contributed by atoms with Crippen LogP contribution >= 0.6 is 0 Å². The standard InChI is InChI=1S/C15H24N4O/c1-18(2)14-7-4-11(16)10-13(14)15(20)17-8-9-19(3)12-5-6-12/h4,7,10,12H,5-6,8-9,16H2,1-3H3,(H,17,20). The van der Waals surface area contributed by atoms with Crippen molar-refractivity contribution in [3.8, 4) is 0 Å². The van der Waals surface area contributed by atoms with Crippen LogP contribution in [-0.4, -0.2) is 51.1 Å². The van der Waals surface area contributed by atoms with Crippen LogP contribution in [0.15, 0.2) is 18.2 Å². The summed E-state index contributed by atoms with van der Waals surface area (Å²) in [6, 6.07) is 6.14. The average Bonchev–Trinajstić information content (AvgIpc) is 3.22. The molecule has 0 bridgehead atoms. The molecule has 0 atom stereocenters. The Kier molecular flexibility index (Phi) is 4.49. The highest BCUT2D eigenvalue weighted by Gasteiger charge is 2.25. The van der Waals surface area contributed by atoms with Crippen molar-refractivity contribution >= 4 is 17.3 Å². The van der Waals surface area contributed by atoms with Gasteiger partial charge in [0.1, 0.15) is 0 Å². The number of nitrogens with one attached hydrogen (secondary N) is 1. The quantitative estimate of drug-likeness (QED) is 0.765. The lowest BCUT2D eigenvalue weighted by Gasteiger charge is -2.19. The summed E-state index contributed by atoms with van der Waals surface area (Å²) < 4.78 is 0. The van der Waals surface area contributed by atoms with Gasteiger partial charge < -0.3 is 20.9 Å². The summed E-state index contributed by atoms with van der Waals surface area (Å²) >= 11 is 0. The van der Waals surface area contributed by atoms with E-state index in [1.54, 1.807) is 6.07 Å². The molecule has 1 amide bonds. The molecule has 1 aliphatic rings. The van der Waals surface area contributed by atoms with E-state index in [1.807, 2.05) is 31.1 Å². The van der Waals surface area contributed by atoms with Crippen LogP contribution in [0, 0.1) is 0 Å². The fourth-order valence-corrected chi connectivity index (χ4v) is 2.26. The van der Waals surface area contributed by atoms with Crippen LogP contribution in [0.1, 0.15) is 23.2 Å². The van der Waals surface area contributed by atoms with Gasteiger partial charge in [0.15, 0.2) is 0 Å². The first-order chi connectivity index (χ1) is 9.49. The van der Waals surface area contributed by atoms with Crippen LogP contribution in [0.25, 0.3) is 0 Å². The van der Waals surface area contributed by atoms with E-state index in [1.165, 1.54) is 12.8 Å². The Morgan fingerprint density at radius 3 is 2.65 bits per heavy atom. The van der Waals surface area contributed by atoms with Crippen molar-refractivity contribution in [1.82, 2.24) is 10.2 Å². The van der Waals surface area contributed by atoms with Crippen molar-refractivity contribution in [2.24, 2.45) is 0 Å². The van der Waals surface area contributed by atoms with Crippen molar-refractivity contribution in [3.05, 3.63) is 23.8 Å². The van der Waals surface area contributed by atoms with E-state index in [2.05, 4.69) is 17.3 Å². The number of carbonyl (C=O) groups is 1. The van der Waals surface area contributed by atoms with Gasteiger partial charge in [-0.1, -0.05) is 0 Å². The molecule has 20 heavy (non-hydrogen) atoms. The molecule has 1 aromatic rings. The number of nitrogens with two attached hydrogens (primary N) is 1. The van der Waals surface area contributed by atoms with Crippen LogP contribution in [0.2, 0.25) is 0 Å². The Labute approximate surface area is 120 Å². The highest BCUT2D eigenvalue weighted by Crippen LogP contribution is 2.24. The van der Waals surface area contributed by atoms with E-state index in [4.69, 9.17) is 5.73 Å². The van der Waals surface area contributed by atoms with E-state index in [-0.39, 0.29) is 5.91 Å². The van der Waals surface area contributed by atoms with Crippen molar-refractivity contribution in [1.29, 1.82) is 0 Å². The number of nitrogens with zero attached hydrogens (tertiary/aromatic N) is 2. The molecule has 0 heterocycles. The Morgan fingerprint density at radius 1 is 1.35 bits per heavy atom. The van der Waals surface area contributed by atoms with Crippen molar-refractivity contribution in [2.45, 2.75) is 18.9 Å². The molecule has 0 aliphatic heterocycles. The van der Waals surface area contributed by atoms with Gasteiger partial charge in [-0.15, -0.1) is 0 Å². The minimum atomic E-state index is -0.0646. The van der Waals surface area contributed by atoms with E-state index in [0.717, 1.165) is 18.3 Å². The molecule has 2 rings (SSSR count). The summed E-state index contributed by atoms with van der Waals surface area (Å²) in [5.41, 5.74) is 7.90. The van der Waals surface area contributed by atoms with E-state index in [0.29, 0.717) is 17.8 Å². The minimum Gasteiger partial charge on any atom is -0.399 e. The largest absolute Gasteiger partial charge is 0.399 e. The average molecular weight is 276 g/mol. The summed E-state index contributed by atoms with van der Waals surface area (Å²) in [5.74, 6) is -0.0646. The number of amides is 1. The van der Waals surface area contributed by atoms with Gasteiger partial charge in [-0.05, 0) is 38.1 Å². The zero-order valence-electron chi connectivity index (χ0n) is 12.5. The maximum absolute atomic E-state index is 12.3. The first kappa shape index (κ1) is 14.7. The third-order valence-electron chi connectivity index (χ3n) is 3.67. The molecule has 0 radical (unpaired) electrons. The monoisotopic (exact) mass is 276 g/mol. The van der Waals surface area contributed by atoms with Crippen LogP contribution in [0.4, 0.5) is 11.4 Å². The third kappa shape index (κ3) is 3.63. The highest BCUT2D eigenvalue weighted by atomic mass is 16.1. The van der Waals surface area contributed by atoms with Crippen LogP contribution in [0.3, 0.4) is 0 Å². The topological polar surface area (TPSA) is 61.6 Å². The molecule has 0 spiro atoms. The molecule has 0 aromatic heterocycles. The lowest BCUT2D eigenvalue weighted by atomic mass is 10.1. The second kappa shape index (κ2) is 6.13. The first-order valence-electron chi connectivity index (χ1n) is 7.04. The lowest BCUT2D eigenvalue weighted by Crippen LogP contribution is -2.34. The second-order valence-electron chi connectivity index (χ2n) is 5.64. The van der Waals surface area contributed by atoms with E-state index in [9.17, 15) is 4.79 Å². The number of likely N-dealkylation sites (N-methyl/N-ethyl adjacent to an activating group) is 1. The van der Waals surface area contributed by atoms with Crippen LogP contribution in [-0.2, 0) is 0 Å².